The fraction of sp³-hybridized carbons (Fsp3) is 0.300. The van der Waals surface area contributed by atoms with Gasteiger partial charge in [-0.3, -0.25) is 0 Å². The topological polar surface area (TPSA) is 63.8 Å². The highest BCUT2D eigenvalue weighted by atomic mass is 16.5. The number of hydrogen-bond acceptors (Lipinski definition) is 5. The summed E-state index contributed by atoms with van der Waals surface area (Å²) in [7, 11) is 0. The molecule has 3 rings (SSSR count). The molecule has 0 radical (unpaired) electrons. The quantitative estimate of drug-likeness (QED) is 0.740. The molecule has 0 atom stereocenters. The van der Waals surface area contributed by atoms with Crippen LogP contribution in [0.15, 0.2) is 23.0 Å². The third-order valence-corrected chi connectivity index (χ3v) is 2.48. The zero-order valence-electron chi connectivity index (χ0n) is 8.10. The average molecular weight is 202 g/mol. The Morgan fingerprint density at radius 1 is 1.27 bits per heavy atom. The molecule has 1 N–H and O–H groups in total. The molecule has 0 fully saturated rings. The van der Waals surface area contributed by atoms with Gasteiger partial charge >= 0.3 is 0 Å². The molecule has 0 amide bonds. The van der Waals surface area contributed by atoms with Crippen LogP contribution >= 0.6 is 0 Å². The Morgan fingerprint density at radius 2 is 2.13 bits per heavy atom. The molecule has 1 aliphatic rings. The maximum atomic E-state index is 5.29. The molecular formula is C10H10N4O. The number of aromatic nitrogens is 3. The highest BCUT2D eigenvalue weighted by molar-refractivity contribution is 5.53. The van der Waals surface area contributed by atoms with Gasteiger partial charge in [-0.2, -0.15) is 0 Å². The summed E-state index contributed by atoms with van der Waals surface area (Å²) >= 11 is 0. The first kappa shape index (κ1) is 8.55. The van der Waals surface area contributed by atoms with Gasteiger partial charge in [0.15, 0.2) is 5.82 Å². The van der Waals surface area contributed by atoms with Crippen molar-refractivity contribution in [3.63, 3.8) is 0 Å². The molecule has 5 heteroatoms. The van der Waals surface area contributed by atoms with Crippen LogP contribution in [0.25, 0.3) is 11.6 Å². The van der Waals surface area contributed by atoms with E-state index in [4.69, 9.17) is 4.52 Å². The van der Waals surface area contributed by atoms with Gasteiger partial charge < -0.3 is 9.84 Å². The van der Waals surface area contributed by atoms with Crippen LogP contribution in [0, 0.1) is 0 Å². The van der Waals surface area contributed by atoms with Crippen molar-refractivity contribution in [1.82, 2.24) is 20.4 Å². The minimum atomic E-state index is 0.606. The van der Waals surface area contributed by atoms with Crippen molar-refractivity contribution in [2.45, 2.75) is 13.0 Å². The van der Waals surface area contributed by atoms with Crippen LogP contribution in [0.3, 0.4) is 0 Å². The molecule has 76 valence electrons. The summed E-state index contributed by atoms with van der Waals surface area (Å²) in [6.45, 7) is 1.74. The second kappa shape index (κ2) is 3.43. The third-order valence-electron chi connectivity index (χ3n) is 2.48. The Bertz CT molecular complexity index is 466. The predicted molar refractivity (Wildman–Crippen MR) is 52.9 cm³/mol. The summed E-state index contributed by atoms with van der Waals surface area (Å²) in [6, 6.07) is 1.78. The van der Waals surface area contributed by atoms with E-state index in [9.17, 15) is 0 Å². The zero-order chi connectivity index (χ0) is 10.1. The highest BCUT2D eigenvalue weighted by Gasteiger charge is 2.21. The maximum absolute atomic E-state index is 5.29. The minimum absolute atomic E-state index is 0.606. The minimum Gasteiger partial charge on any atom is -0.352 e. The van der Waals surface area contributed by atoms with Crippen LogP contribution in [0.5, 0.6) is 0 Å². The first-order chi connectivity index (χ1) is 7.45. The molecule has 0 aromatic carbocycles. The Balaban J connectivity index is 2.09. The molecule has 0 aliphatic carbocycles. The van der Waals surface area contributed by atoms with E-state index in [0.717, 1.165) is 30.8 Å². The number of nitrogens with zero attached hydrogens (tertiary/aromatic N) is 3. The van der Waals surface area contributed by atoms with Crippen LogP contribution in [0.2, 0.25) is 0 Å². The molecular weight excluding hydrogens is 192 g/mol. The fourth-order valence-electron chi connectivity index (χ4n) is 1.73. The Hall–Kier alpha value is -1.75. The van der Waals surface area contributed by atoms with Crippen molar-refractivity contribution in [2.75, 3.05) is 6.54 Å². The van der Waals surface area contributed by atoms with Gasteiger partial charge in [0.25, 0.3) is 0 Å². The third kappa shape index (κ3) is 1.41. The molecule has 0 spiro atoms. The molecule has 0 unspecified atom stereocenters. The van der Waals surface area contributed by atoms with Gasteiger partial charge in [-0.15, -0.1) is 0 Å². The van der Waals surface area contributed by atoms with Gasteiger partial charge in [0.1, 0.15) is 0 Å². The molecule has 0 saturated heterocycles. The van der Waals surface area contributed by atoms with E-state index in [2.05, 4.69) is 20.4 Å². The zero-order valence-corrected chi connectivity index (χ0v) is 8.10. The van der Waals surface area contributed by atoms with E-state index in [1.54, 1.807) is 18.5 Å². The van der Waals surface area contributed by atoms with Crippen LogP contribution in [0.1, 0.15) is 11.3 Å². The molecule has 15 heavy (non-hydrogen) atoms. The summed E-state index contributed by atoms with van der Waals surface area (Å²) in [4.78, 5) is 8.31. The molecule has 1 aliphatic heterocycles. The molecule has 2 aromatic heterocycles. The van der Waals surface area contributed by atoms with Crippen molar-refractivity contribution in [3.05, 3.63) is 29.7 Å². The van der Waals surface area contributed by atoms with Gasteiger partial charge in [-0.1, -0.05) is 5.16 Å². The SMILES string of the molecule is c1cnc(-c2onc3c2CNCC3)nc1. The van der Waals surface area contributed by atoms with E-state index >= 15 is 0 Å². The number of nitrogens with one attached hydrogen (secondary N) is 1. The lowest BCUT2D eigenvalue weighted by Crippen LogP contribution is -2.23. The largest absolute Gasteiger partial charge is 0.352 e. The molecule has 5 nitrogen and oxygen atoms in total. The van der Waals surface area contributed by atoms with E-state index in [-0.39, 0.29) is 0 Å². The lowest BCUT2D eigenvalue weighted by molar-refractivity contribution is 0.421. The molecule has 0 bridgehead atoms. The average Bonchev–Trinajstić information content (AvgIpc) is 2.74. The lowest BCUT2D eigenvalue weighted by Gasteiger charge is -2.10. The van der Waals surface area contributed by atoms with E-state index < -0.39 is 0 Å². The standard InChI is InChI=1S/C10H10N4O/c1-3-12-10(13-4-1)9-7-6-11-5-2-8(7)14-15-9/h1,3-4,11H,2,5-6H2. The van der Waals surface area contributed by atoms with Gasteiger partial charge in [0.05, 0.1) is 5.69 Å². The summed E-state index contributed by atoms with van der Waals surface area (Å²) in [5.74, 6) is 1.30. The second-order valence-corrected chi connectivity index (χ2v) is 3.44. The number of hydrogen-bond donors (Lipinski definition) is 1. The summed E-state index contributed by atoms with van der Waals surface area (Å²) in [5, 5.41) is 7.32. The summed E-state index contributed by atoms with van der Waals surface area (Å²) in [6.07, 6.45) is 4.31. The van der Waals surface area contributed by atoms with Crippen molar-refractivity contribution in [1.29, 1.82) is 0 Å². The Kier molecular flexibility index (Phi) is 1.96. The molecule has 0 saturated carbocycles. The van der Waals surface area contributed by atoms with Crippen LogP contribution in [-0.4, -0.2) is 21.7 Å². The number of fused-ring (bicyclic) bond motifs is 1. The fourth-order valence-corrected chi connectivity index (χ4v) is 1.73. The van der Waals surface area contributed by atoms with Crippen molar-refractivity contribution in [3.8, 4) is 11.6 Å². The van der Waals surface area contributed by atoms with Crippen molar-refractivity contribution in [2.24, 2.45) is 0 Å². The van der Waals surface area contributed by atoms with Crippen molar-refractivity contribution < 1.29 is 4.52 Å². The van der Waals surface area contributed by atoms with E-state index in [1.807, 2.05) is 0 Å². The molecule has 2 aromatic rings. The van der Waals surface area contributed by atoms with Crippen LogP contribution < -0.4 is 5.32 Å². The lowest BCUT2D eigenvalue weighted by atomic mass is 10.1. The first-order valence-electron chi connectivity index (χ1n) is 4.90. The van der Waals surface area contributed by atoms with Crippen molar-refractivity contribution >= 4 is 0 Å². The Morgan fingerprint density at radius 3 is 3.00 bits per heavy atom. The predicted octanol–water partition coefficient (Wildman–Crippen LogP) is 0.777. The van der Waals surface area contributed by atoms with Crippen LogP contribution in [0.4, 0.5) is 0 Å². The Labute approximate surface area is 86.5 Å². The number of rotatable bonds is 1. The maximum Gasteiger partial charge on any atom is 0.208 e. The van der Waals surface area contributed by atoms with Crippen LogP contribution in [-0.2, 0) is 13.0 Å². The molecule has 3 heterocycles. The van der Waals surface area contributed by atoms with Gasteiger partial charge in [0, 0.05) is 37.5 Å². The highest BCUT2D eigenvalue weighted by Crippen LogP contribution is 2.24. The first-order valence-corrected chi connectivity index (χ1v) is 4.90. The summed E-state index contributed by atoms with van der Waals surface area (Å²) < 4.78 is 5.29. The van der Waals surface area contributed by atoms with Gasteiger partial charge in [-0.05, 0) is 6.07 Å². The van der Waals surface area contributed by atoms with E-state index in [0.29, 0.717) is 11.6 Å². The summed E-state index contributed by atoms with van der Waals surface area (Å²) in [5.41, 5.74) is 2.11. The van der Waals surface area contributed by atoms with Gasteiger partial charge in [-0.25, -0.2) is 9.97 Å². The van der Waals surface area contributed by atoms with Gasteiger partial charge in [0.2, 0.25) is 5.76 Å². The monoisotopic (exact) mass is 202 g/mol. The smallest absolute Gasteiger partial charge is 0.208 e. The van der Waals surface area contributed by atoms with E-state index in [1.165, 1.54) is 0 Å². The second-order valence-electron chi connectivity index (χ2n) is 3.44. The normalized spacial score (nSPS) is 14.9.